The maximum atomic E-state index is 12.3. The van der Waals surface area contributed by atoms with E-state index >= 15 is 0 Å². The van der Waals surface area contributed by atoms with Crippen LogP contribution in [-0.4, -0.2) is 42.9 Å². The van der Waals surface area contributed by atoms with E-state index in [1.54, 1.807) is 12.4 Å². The summed E-state index contributed by atoms with van der Waals surface area (Å²) in [5, 5.41) is 0. The van der Waals surface area contributed by atoms with Crippen molar-refractivity contribution in [1.82, 2.24) is 19.6 Å². The molecule has 7 nitrogen and oxygen atoms in total. The fourth-order valence-electron chi connectivity index (χ4n) is 3.26. The van der Waals surface area contributed by atoms with Crippen molar-refractivity contribution in [3.63, 3.8) is 0 Å². The molecule has 1 aliphatic heterocycles. The summed E-state index contributed by atoms with van der Waals surface area (Å²) < 4.78 is 27.4. The standard InChI is InChI=1S/C18H25N5O2S/c19-18-20-9-17(10-21-18)13-23-8-4-7-16(12-23)11-22-26(24,25)14-15-5-2-1-3-6-15/h1-3,5-6,9-10,16,22H,4,7-8,11-14H2,(H2,19,20,21). The molecule has 2 aromatic rings. The molecule has 3 N–H and O–H groups in total. The monoisotopic (exact) mass is 375 g/mol. The largest absolute Gasteiger partial charge is 0.368 e. The minimum absolute atomic E-state index is 0.0209. The summed E-state index contributed by atoms with van der Waals surface area (Å²) in [6.07, 6.45) is 5.58. The Hall–Kier alpha value is -2.03. The molecule has 1 saturated heterocycles. The highest BCUT2D eigenvalue weighted by Gasteiger charge is 2.22. The lowest BCUT2D eigenvalue weighted by atomic mass is 9.98. The second kappa shape index (κ2) is 8.57. The predicted octanol–water partition coefficient (Wildman–Crippen LogP) is 1.39. The number of rotatable bonds is 7. The highest BCUT2D eigenvalue weighted by atomic mass is 32.2. The number of sulfonamides is 1. The fraction of sp³-hybridized carbons (Fsp3) is 0.444. The van der Waals surface area contributed by atoms with Crippen LogP contribution in [0.25, 0.3) is 0 Å². The molecule has 1 unspecified atom stereocenters. The summed E-state index contributed by atoms with van der Waals surface area (Å²) in [7, 11) is -3.32. The Morgan fingerprint density at radius 2 is 1.88 bits per heavy atom. The summed E-state index contributed by atoms with van der Waals surface area (Å²) in [6.45, 7) is 3.09. The van der Waals surface area contributed by atoms with Crippen LogP contribution in [0.4, 0.5) is 5.95 Å². The SMILES string of the molecule is Nc1ncc(CN2CCCC(CNS(=O)(=O)Cc3ccccc3)C2)cn1. The molecule has 26 heavy (non-hydrogen) atoms. The van der Waals surface area contributed by atoms with Gasteiger partial charge in [-0.1, -0.05) is 30.3 Å². The quantitative estimate of drug-likeness (QED) is 0.758. The smallest absolute Gasteiger partial charge is 0.219 e. The van der Waals surface area contributed by atoms with Crippen molar-refractivity contribution in [2.45, 2.75) is 25.1 Å². The highest BCUT2D eigenvalue weighted by molar-refractivity contribution is 7.88. The lowest BCUT2D eigenvalue weighted by molar-refractivity contribution is 0.168. The van der Waals surface area contributed by atoms with Gasteiger partial charge in [0.2, 0.25) is 16.0 Å². The van der Waals surface area contributed by atoms with Gasteiger partial charge in [-0.05, 0) is 30.9 Å². The van der Waals surface area contributed by atoms with Gasteiger partial charge in [0.15, 0.2) is 0 Å². The molecule has 1 fully saturated rings. The van der Waals surface area contributed by atoms with Crippen molar-refractivity contribution < 1.29 is 8.42 Å². The molecular weight excluding hydrogens is 350 g/mol. The lowest BCUT2D eigenvalue weighted by Gasteiger charge is -2.32. The van der Waals surface area contributed by atoms with Gasteiger partial charge in [-0.2, -0.15) is 0 Å². The third-order valence-electron chi connectivity index (χ3n) is 4.53. The van der Waals surface area contributed by atoms with E-state index in [1.807, 2.05) is 30.3 Å². The van der Waals surface area contributed by atoms with Gasteiger partial charge in [0, 0.05) is 37.6 Å². The first-order valence-corrected chi connectivity index (χ1v) is 10.5. The Morgan fingerprint density at radius 1 is 1.15 bits per heavy atom. The van der Waals surface area contributed by atoms with Gasteiger partial charge in [-0.3, -0.25) is 4.90 Å². The molecule has 0 saturated carbocycles. The number of nitrogens with two attached hydrogens (primary N) is 1. The Balaban J connectivity index is 1.49. The van der Waals surface area contributed by atoms with Crippen LogP contribution in [0, 0.1) is 5.92 Å². The Kier molecular flexibility index (Phi) is 6.18. The van der Waals surface area contributed by atoms with Crippen molar-refractivity contribution in [1.29, 1.82) is 0 Å². The summed E-state index contributed by atoms with van der Waals surface area (Å²) in [5.74, 6) is 0.606. The van der Waals surface area contributed by atoms with E-state index in [2.05, 4.69) is 19.6 Å². The number of aromatic nitrogens is 2. The van der Waals surface area contributed by atoms with Crippen LogP contribution in [0.15, 0.2) is 42.7 Å². The van der Waals surface area contributed by atoms with Gasteiger partial charge in [0.1, 0.15) is 0 Å². The zero-order valence-electron chi connectivity index (χ0n) is 14.7. The first-order chi connectivity index (χ1) is 12.5. The van der Waals surface area contributed by atoms with E-state index in [0.717, 1.165) is 43.6 Å². The lowest BCUT2D eigenvalue weighted by Crippen LogP contribution is -2.40. The van der Waals surface area contributed by atoms with Gasteiger partial charge in [-0.15, -0.1) is 0 Å². The number of nitrogen functional groups attached to an aromatic ring is 1. The third-order valence-corrected chi connectivity index (χ3v) is 5.85. The molecule has 2 heterocycles. The van der Waals surface area contributed by atoms with Gasteiger partial charge >= 0.3 is 0 Å². The molecule has 0 radical (unpaired) electrons. The van der Waals surface area contributed by atoms with Crippen LogP contribution >= 0.6 is 0 Å². The van der Waals surface area contributed by atoms with E-state index in [1.165, 1.54) is 0 Å². The maximum absolute atomic E-state index is 12.3. The number of hydrogen-bond acceptors (Lipinski definition) is 6. The minimum Gasteiger partial charge on any atom is -0.368 e. The molecule has 1 atom stereocenters. The molecule has 8 heteroatoms. The molecule has 1 aromatic heterocycles. The zero-order valence-corrected chi connectivity index (χ0v) is 15.5. The van der Waals surface area contributed by atoms with Gasteiger partial charge in [-0.25, -0.2) is 23.1 Å². The van der Waals surface area contributed by atoms with E-state index in [-0.39, 0.29) is 11.7 Å². The highest BCUT2D eigenvalue weighted by Crippen LogP contribution is 2.18. The Morgan fingerprint density at radius 3 is 2.62 bits per heavy atom. The van der Waals surface area contributed by atoms with Crippen LogP contribution in [0.2, 0.25) is 0 Å². The molecule has 1 aromatic carbocycles. The average Bonchev–Trinajstić information content (AvgIpc) is 2.63. The molecule has 140 valence electrons. The van der Waals surface area contributed by atoms with Crippen molar-refractivity contribution in [2.75, 3.05) is 25.4 Å². The fourth-order valence-corrected chi connectivity index (χ4v) is 4.48. The number of nitrogens with one attached hydrogen (secondary N) is 1. The van der Waals surface area contributed by atoms with Gasteiger partial charge < -0.3 is 5.73 Å². The predicted molar refractivity (Wildman–Crippen MR) is 102 cm³/mol. The normalized spacial score (nSPS) is 18.7. The van der Waals surface area contributed by atoms with Crippen LogP contribution < -0.4 is 10.5 Å². The summed E-state index contributed by atoms with van der Waals surface area (Å²) >= 11 is 0. The maximum Gasteiger partial charge on any atom is 0.219 e. The van der Waals surface area contributed by atoms with Crippen molar-refractivity contribution in [3.8, 4) is 0 Å². The van der Waals surface area contributed by atoms with Crippen molar-refractivity contribution in [2.24, 2.45) is 5.92 Å². The molecule has 3 rings (SSSR count). The molecule has 0 aliphatic carbocycles. The average molecular weight is 375 g/mol. The Labute approximate surface area is 154 Å². The van der Waals surface area contributed by atoms with Crippen LogP contribution in [-0.2, 0) is 22.3 Å². The first-order valence-electron chi connectivity index (χ1n) is 8.80. The zero-order chi connectivity index (χ0) is 18.4. The number of nitrogens with zero attached hydrogens (tertiary/aromatic N) is 3. The second-order valence-electron chi connectivity index (χ2n) is 6.79. The van der Waals surface area contributed by atoms with Crippen LogP contribution in [0.3, 0.4) is 0 Å². The van der Waals surface area contributed by atoms with E-state index in [9.17, 15) is 8.42 Å². The van der Waals surface area contributed by atoms with Crippen LogP contribution in [0.5, 0.6) is 0 Å². The van der Waals surface area contributed by atoms with E-state index in [4.69, 9.17) is 5.73 Å². The van der Waals surface area contributed by atoms with E-state index in [0.29, 0.717) is 12.5 Å². The first kappa shape index (κ1) is 18.8. The molecule has 0 spiro atoms. The number of anilines is 1. The second-order valence-corrected chi connectivity index (χ2v) is 8.59. The third kappa shape index (κ3) is 5.76. The number of hydrogen-bond donors (Lipinski definition) is 2. The summed E-state index contributed by atoms with van der Waals surface area (Å²) in [6, 6.07) is 9.24. The van der Waals surface area contributed by atoms with Crippen molar-refractivity contribution >= 4 is 16.0 Å². The van der Waals surface area contributed by atoms with Crippen molar-refractivity contribution in [3.05, 3.63) is 53.9 Å². The molecule has 0 amide bonds. The van der Waals surface area contributed by atoms with Crippen LogP contribution in [0.1, 0.15) is 24.0 Å². The van der Waals surface area contributed by atoms with E-state index < -0.39 is 10.0 Å². The molecule has 0 bridgehead atoms. The van der Waals surface area contributed by atoms with Gasteiger partial charge in [0.05, 0.1) is 5.75 Å². The molecule has 1 aliphatic rings. The number of likely N-dealkylation sites (tertiary alicyclic amines) is 1. The minimum atomic E-state index is -3.32. The summed E-state index contributed by atoms with van der Waals surface area (Å²) in [4.78, 5) is 10.4. The topological polar surface area (TPSA) is 101 Å². The summed E-state index contributed by atoms with van der Waals surface area (Å²) in [5.41, 5.74) is 7.33. The number of benzene rings is 1. The molecular formula is C18H25N5O2S. The van der Waals surface area contributed by atoms with Gasteiger partial charge in [0.25, 0.3) is 0 Å². The Bertz CT molecular complexity index is 796. The number of piperidine rings is 1.